The molecule has 3 rings (SSSR count). The molecular formula is C18H24N2O4. The van der Waals surface area contributed by atoms with E-state index >= 15 is 0 Å². The molecule has 2 aliphatic heterocycles. The maximum Gasteiger partial charge on any atom is 0.410 e. The number of benzene rings is 1. The fourth-order valence-electron chi connectivity index (χ4n) is 3.93. The Bertz CT molecular complexity index is 578. The molecular weight excluding hydrogens is 308 g/mol. The summed E-state index contributed by atoms with van der Waals surface area (Å²) >= 11 is 0. The van der Waals surface area contributed by atoms with Gasteiger partial charge in [0.05, 0.1) is 7.11 Å². The number of hydrogen-bond donors (Lipinski definition) is 1. The van der Waals surface area contributed by atoms with Crippen LogP contribution in [-0.2, 0) is 20.9 Å². The Balaban J connectivity index is 1.58. The third kappa shape index (κ3) is 3.38. The smallest absolute Gasteiger partial charge is 0.410 e. The summed E-state index contributed by atoms with van der Waals surface area (Å²) in [5.74, 6) is -0.312. The number of esters is 1. The number of piperidine rings is 1. The summed E-state index contributed by atoms with van der Waals surface area (Å²) in [6.45, 7) is 0.278. The molecule has 2 N–H and O–H groups in total. The second-order valence-electron chi connectivity index (χ2n) is 6.61. The fraction of sp³-hybridized carbons (Fsp3) is 0.556. The van der Waals surface area contributed by atoms with Crippen molar-refractivity contribution in [2.75, 3.05) is 7.11 Å². The molecule has 2 heterocycles. The van der Waals surface area contributed by atoms with Gasteiger partial charge in [0.2, 0.25) is 0 Å². The monoisotopic (exact) mass is 332 g/mol. The standard InChI is InChI=1S/C18H24N2O4/c1-23-17(21)16(19)13-9-14-7-8-15(10-13)20(14)18(22)24-11-12-5-3-2-4-6-12/h2-6,13-16H,7-11,19H2,1H3/t13?,14?,15?,16-/m0/s1. The molecule has 0 spiro atoms. The van der Waals surface area contributed by atoms with Crippen LogP contribution in [-0.4, -0.2) is 42.2 Å². The number of carbonyl (C=O) groups is 2. The van der Waals surface area contributed by atoms with Gasteiger partial charge in [0.25, 0.3) is 0 Å². The van der Waals surface area contributed by atoms with Crippen molar-refractivity contribution in [1.82, 2.24) is 4.90 Å². The van der Waals surface area contributed by atoms with Gasteiger partial charge in [0, 0.05) is 12.1 Å². The SMILES string of the molecule is COC(=O)[C@@H](N)C1CC2CCC(C1)N2C(=O)OCc1ccccc1. The molecule has 6 heteroatoms. The van der Waals surface area contributed by atoms with Crippen LogP contribution in [0.4, 0.5) is 4.79 Å². The van der Waals surface area contributed by atoms with Gasteiger partial charge in [-0.3, -0.25) is 4.79 Å². The number of amides is 1. The average Bonchev–Trinajstić information content (AvgIpc) is 2.89. The summed E-state index contributed by atoms with van der Waals surface area (Å²) in [4.78, 5) is 26.0. The van der Waals surface area contributed by atoms with Crippen molar-refractivity contribution in [3.8, 4) is 0 Å². The van der Waals surface area contributed by atoms with Gasteiger partial charge in [0.1, 0.15) is 12.6 Å². The predicted octanol–water partition coefficient (Wildman–Crippen LogP) is 2.07. The number of methoxy groups -OCH3 is 1. The lowest BCUT2D eigenvalue weighted by Gasteiger charge is -2.39. The number of ether oxygens (including phenoxy) is 2. The maximum atomic E-state index is 12.5. The van der Waals surface area contributed by atoms with E-state index in [4.69, 9.17) is 15.2 Å². The molecule has 6 nitrogen and oxygen atoms in total. The Kier molecular flexibility index (Phi) is 5.04. The largest absolute Gasteiger partial charge is 0.468 e. The van der Waals surface area contributed by atoms with Gasteiger partial charge in [-0.25, -0.2) is 4.79 Å². The van der Waals surface area contributed by atoms with Crippen molar-refractivity contribution >= 4 is 12.1 Å². The molecule has 2 aliphatic rings. The van der Waals surface area contributed by atoms with Gasteiger partial charge >= 0.3 is 12.1 Å². The molecule has 130 valence electrons. The molecule has 0 aromatic heterocycles. The zero-order valence-corrected chi connectivity index (χ0v) is 13.9. The molecule has 1 aromatic rings. The van der Waals surface area contributed by atoms with Crippen LogP contribution >= 0.6 is 0 Å². The van der Waals surface area contributed by atoms with Crippen LogP contribution in [0.2, 0.25) is 0 Å². The average molecular weight is 332 g/mol. The quantitative estimate of drug-likeness (QED) is 0.854. The molecule has 2 bridgehead atoms. The summed E-state index contributed by atoms with van der Waals surface area (Å²) in [6, 6.07) is 9.24. The van der Waals surface area contributed by atoms with Crippen molar-refractivity contribution in [2.45, 2.75) is 50.4 Å². The normalized spacial score (nSPS) is 26.8. The number of rotatable bonds is 4. The Morgan fingerprint density at radius 1 is 1.21 bits per heavy atom. The van der Waals surface area contributed by atoms with E-state index in [9.17, 15) is 9.59 Å². The number of carbonyl (C=O) groups excluding carboxylic acids is 2. The lowest BCUT2D eigenvalue weighted by Crippen LogP contribution is -2.51. The van der Waals surface area contributed by atoms with Gasteiger partial charge in [-0.1, -0.05) is 30.3 Å². The van der Waals surface area contributed by atoms with Crippen LogP contribution in [0.3, 0.4) is 0 Å². The molecule has 0 radical (unpaired) electrons. The molecule has 1 aromatic carbocycles. The minimum Gasteiger partial charge on any atom is -0.468 e. The fourth-order valence-corrected chi connectivity index (χ4v) is 3.93. The number of nitrogens with two attached hydrogens (primary N) is 1. The van der Waals surface area contributed by atoms with E-state index in [0.717, 1.165) is 31.2 Å². The summed E-state index contributed by atoms with van der Waals surface area (Å²) in [5.41, 5.74) is 6.97. The summed E-state index contributed by atoms with van der Waals surface area (Å²) < 4.78 is 10.2. The Morgan fingerprint density at radius 3 is 2.42 bits per heavy atom. The van der Waals surface area contributed by atoms with Crippen LogP contribution in [0, 0.1) is 5.92 Å². The predicted molar refractivity (Wildman–Crippen MR) is 88.0 cm³/mol. The van der Waals surface area contributed by atoms with E-state index in [2.05, 4.69) is 0 Å². The van der Waals surface area contributed by atoms with E-state index in [1.807, 2.05) is 35.2 Å². The summed E-state index contributed by atoms with van der Waals surface area (Å²) in [6.07, 6.45) is 3.07. The second-order valence-corrected chi connectivity index (χ2v) is 6.61. The van der Waals surface area contributed by atoms with Crippen molar-refractivity contribution in [3.63, 3.8) is 0 Å². The number of nitrogens with zero attached hydrogens (tertiary/aromatic N) is 1. The highest BCUT2D eigenvalue weighted by molar-refractivity contribution is 5.76. The molecule has 24 heavy (non-hydrogen) atoms. The lowest BCUT2D eigenvalue weighted by molar-refractivity contribution is -0.144. The highest BCUT2D eigenvalue weighted by Gasteiger charge is 2.46. The van der Waals surface area contributed by atoms with Gasteiger partial charge in [-0.15, -0.1) is 0 Å². The topological polar surface area (TPSA) is 81.9 Å². The first-order valence-corrected chi connectivity index (χ1v) is 8.42. The van der Waals surface area contributed by atoms with Crippen LogP contribution in [0.15, 0.2) is 30.3 Å². The van der Waals surface area contributed by atoms with Crippen molar-refractivity contribution in [2.24, 2.45) is 11.7 Å². The Morgan fingerprint density at radius 2 is 1.83 bits per heavy atom. The third-order valence-corrected chi connectivity index (χ3v) is 5.17. The van der Waals surface area contributed by atoms with E-state index in [1.54, 1.807) is 0 Å². The van der Waals surface area contributed by atoms with E-state index < -0.39 is 6.04 Å². The molecule has 0 aliphatic carbocycles. The minimum atomic E-state index is -0.611. The third-order valence-electron chi connectivity index (χ3n) is 5.17. The molecule has 0 saturated carbocycles. The van der Waals surface area contributed by atoms with E-state index in [-0.39, 0.29) is 36.7 Å². The van der Waals surface area contributed by atoms with Crippen LogP contribution in [0.25, 0.3) is 0 Å². The van der Waals surface area contributed by atoms with Crippen molar-refractivity contribution in [1.29, 1.82) is 0 Å². The highest BCUT2D eigenvalue weighted by Crippen LogP contribution is 2.40. The molecule has 2 fully saturated rings. The molecule has 2 unspecified atom stereocenters. The molecule has 1 amide bonds. The van der Waals surface area contributed by atoms with Gasteiger partial charge < -0.3 is 20.1 Å². The van der Waals surface area contributed by atoms with Gasteiger partial charge in [0.15, 0.2) is 0 Å². The zero-order valence-electron chi connectivity index (χ0n) is 13.9. The second kappa shape index (κ2) is 7.21. The Hall–Kier alpha value is -2.08. The summed E-state index contributed by atoms with van der Waals surface area (Å²) in [7, 11) is 1.35. The number of hydrogen-bond acceptors (Lipinski definition) is 5. The first-order valence-electron chi connectivity index (χ1n) is 8.42. The van der Waals surface area contributed by atoms with Gasteiger partial charge in [-0.2, -0.15) is 0 Å². The Labute approximate surface area is 141 Å². The van der Waals surface area contributed by atoms with Crippen LogP contribution in [0.5, 0.6) is 0 Å². The van der Waals surface area contributed by atoms with E-state index in [1.165, 1.54) is 7.11 Å². The minimum absolute atomic E-state index is 0.0631. The van der Waals surface area contributed by atoms with E-state index in [0.29, 0.717) is 0 Å². The number of fused-ring (bicyclic) bond motifs is 2. The zero-order chi connectivity index (χ0) is 17.1. The van der Waals surface area contributed by atoms with Gasteiger partial charge in [-0.05, 0) is 37.2 Å². The first kappa shape index (κ1) is 16.8. The van der Waals surface area contributed by atoms with Crippen molar-refractivity contribution < 1.29 is 19.1 Å². The van der Waals surface area contributed by atoms with Crippen molar-refractivity contribution in [3.05, 3.63) is 35.9 Å². The molecule has 2 saturated heterocycles. The molecule has 3 atom stereocenters. The summed E-state index contributed by atoms with van der Waals surface area (Å²) in [5, 5.41) is 0. The lowest BCUT2D eigenvalue weighted by atomic mass is 9.85. The highest BCUT2D eigenvalue weighted by atomic mass is 16.6. The van der Waals surface area contributed by atoms with Crippen LogP contribution in [0.1, 0.15) is 31.2 Å². The van der Waals surface area contributed by atoms with Crippen LogP contribution < -0.4 is 5.73 Å². The first-order chi connectivity index (χ1) is 11.6. The maximum absolute atomic E-state index is 12.5.